The molecule has 1 aromatic heterocycles. The zero-order chi connectivity index (χ0) is 18.0. The van der Waals surface area contributed by atoms with Crippen molar-refractivity contribution >= 4 is 10.0 Å². The third kappa shape index (κ3) is 3.94. The summed E-state index contributed by atoms with van der Waals surface area (Å²) in [5.41, 5.74) is 4.33. The van der Waals surface area contributed by atoms with Gasteiger partial charge in [-0.3, -0.25) is 4.68 Å². The van der Waals surface area contributed by atoms with Crippen molar-refractivity contribution in [3.05, 3.63) is 46.8 Å². The lowest BCUT2D eigenvalue weighted by atomic mass is 10.0. The predicted octanol–water partition coefficient (Wildman–Crippen LogP) is 2.14. The Labute approximate surface area is 149 Å². The van der Waals surface area contributed by atoms with Crippen molar-refractivity contribution in [2.45, 2.75) is 44.1 Å². The van der Waals surface area contributed by atoms with Crippen molar-refractivity contribution in [2.24, 2.45) is 7.05 Å². The first-order valence-corrected chi connectivity index (χ1v) is 10.1. The first kappa shape index (κ1) is 18.1. The van der Waals surface area contributed by atoms with Crippen molar-refractivity contribution in [2.75, 3.05) is 13.2 Å². The number of sulfonamides is 1. The van der Waals surface area contributed by atoms with Crippen molar-refractivity contribution in [1.29, 1.82) is 0 Å². The van der Waals surface area contributed by atoms with Crippen LogP contribution in [0.15, 0.2) is 29.2 Å². The molecule has 0 saturated heterocycles. The van der Waals surface area contributed by atoms with Crippen LogP contribution >= 0.6 is 0 Å². The molecule has 6 nitrogen and oxygen atoms in total. The molecular weight excluding hydrogens is 338 g/mol. The summed E-state index contributed by atoms with van der Waals surface area (Å²) in [6.07, 6.45) is 1.41. The Morgan fingerprint density at radius 2 is 2.00 bits per heavy atom. The van der Waals surface area contributed by atoms with Gasteiger partial charge in [-0.1, -0.05) is 26.0 Å². The average molecular weight is 363 g/mol. The van der Waals surface area contributed by atoms with Gasteiger partial charge in [0.05, 0.1) is 23.8 Å². The van der Waals surface area contributed by atoms with Crippen LogP contribution in [-0.2, 0) is 41.3 Å². The quantitative estimate of drug-likeness (QED) is 0.853. The van der Waals surface area contributed by atoms with E-state index in [0.717, 1.165) is 23.2 Å². The lowest BCUT2D eigenvalue weighted by Gasteiger charge is -2.13. The fraction of sp³-hybridized carbons (Fsp3) is 0.500. The Bertz CT molecular complexity index is 839. The lowest BCUT2D eigenvalue weighted by Crippen LogP contribution is -2.26. The molecule has 1 aliphatic heterocycles. The summed E-state index contributed by atoms with van der Waals surface area (Å²) >= 11 is 0. The van der Waals surface area contributed by atoms with Crippen LogP contribution in [0.4, 0.5) is 0 Å². The van der Waals surface area contributed by atoms with Crippen molar-refractivity contribution in [3.8, 4) is 0 Å². The van der Waals surface area contributed by atoms with E-state index in [1.807, 2.05) is 23.9 Å². The maximum Gasteiger partial charge on any atom is 0.240 e. The van der Waals surface area contributed by atoms with Crippen molar-refractivity contribution < 1.29 is 13.2 Å². The number of aromatic nitrogens is 2. The molecular formula is C18H25N3O3S. The lowest BCUT2D eigenvalue weighted by molar-refractivity contribution is 0.108. The molecule has 1 aliphatic rings. The average Bonchev–Trinajstić information content (AvgIpc) is 2.91. The minimum Gasteiger partial charge on any atom is -0.376 e. The molecule has 0 aliphatic carbocycles. The zero-order valence-corrected chi connectivity index (χ0v) is 15.8. The van der Waals surface area contributed by atoms with Gasteiger partial charge >= 0.3 is 0 Å². The highest BCUT2D eigenvalue weighted by molar-refractivity contribution is 7.89. The van der Waals surface area contributed by atoms with Crippen LogP contribution in [0.2, 0.25) is 0 Å². The summed E-state index contributed by atoms with van der Waals surface area (Å²) in [5, 5.41) is 4.52. The molecule has 0 amide bonds. The Hall–Kier alpha value is -1.70. The molecule has 0 fully saturated rings. The van der Waals surface area contributed by atoms with E-state index in [9.17, 15) is 8.42 Å². The first-order chi connectivity index (χ1) is 11.9. The molecule has 0 unspecified atom stereocenters. The van der Waals surface area contributed by atoms with E-state index in [-0.39, 0.29) is 0 Å². The molecule has 136 valence electrons. The summed E-state index contributed by atoms with van der Waals surface area (Å²) in [7, 11) is -1.58. The Balaban J connectivity index is 1.65. The van der Waals surface area contributed by atoms with Gasteiger partial charge in [0.15, 0.2) is 0 Å². The normalized spacial score (nSPS) is 14.7. The van der Waals surface area contributed by atoms with Gasteiger partial charge in [0, 0.05) is 37.7 Å². The molecule has 0 saturated carbocycles. The fourth-order valence-corrected chi connectivity index (χ4v) is 4.14. The van der Waals surface area contributed by atoms with Crippen molar-refractivity contribution in [3.63, 3.8) is 0 Å². The van der Waals surface area contributed by atoms with Gasteiger partial charge in [-0.15, -0.1) is 0 Å². The van der Waals surface area contributed by atoms with Crippen LogP contribution in [0, 0.1) is 0 Å². The van der Waals surface area contributed by atoms with Gasteiger partial charge < -0.3 is 4.74 Å². The van der Waals surface area contributed by atoms with E-state index >= 15 is 0 Å². The second-order valence-electron chi connectivity index (χ2n) is 6.67. The fourth-order valence-electron chi connectivity index (χ4n) is 3.11. The van der Waals surface area contributed by atoms with Gasteiger partial charge in [0.2, 0.25) is 10.0 Å². The SMILES string of the molecule is CC(C)c1ccc(S(=O)(=O)NCCc2nn(C)c3c2COCC3)cc1. The van der Waals surface area contributed by atoms with Crippen LogP contribution in [0.3, 0.4) is 0 Å². The molecule has 0 atom stereocenters. The molecule has 0 radical (unpaired) electrons. The van der Waals surface area contributed by atoms with Gasteiger partial charge in [-0.05, 0) is 23.6 Å². The number of hydrogen-bond donors (Lipinski definition) is 1. The highest BCUT2D eigenvalue weighted by Crippen LogP contribution is 2.21. The van der Waals surface area contributed by atoms with Gasteiger partial charge in [-0.2, -0.15) is 5.10 Å². The number of fused-ring (bicyclic) bond motifs is 1. The molecule has 1 aromatic carbocycles. The Morgan fingerprint density at radius 1 is 1.28 bits per heavy atom. The highest BCUT2D eigenvalue weighted by Gasteiger charge is 2.20. The van der Waals surface area contributed by atoms with Crippen LogP contribution < -0.4 is 4.72 Å². The zero-order valence-electron chi connectivity index (χ0n) is 14.9. The Morgan fingerprint density at radius 3 is 2.68 bits per heavy atom. The van der Waals surface area contributed by atoms with E-state index in [1.54, 1.807) is 12.1 Å². The number of rotatable bonds is 6. The molecule has 1 N–H and O–H groups in total. The summed E-state index contributed by atoms with van der Waals surface area (Å²) in [4.78, 5) is 0.295. The largest absolute Gasteiger partial charge is 0.376 e. The minimum atomic E-state index is -3.50. The standard InChI is InChI=1S/C18H25N3O3S/c1-13(2)14-4-6-15(7-5-14)25(22,23)19-10-8-17-16-12-24-11-9-18(16)21(3)20-17/h4-7,13,19H,8-12H2,1-3H3. The second-order valence-corrected chi connectivity index (χ2v) is 8.44. The molecule has 25 heavy (non-hydrogen) atoms. The number of nitrogens with one attached hydrogen (secondary N) is 1. The summed E-state index contributed by atoms with van der Waals surface area (Å²) < 4.78 is 34.9. The number of benzene rings is 1. The van der Waals surface area contributed by atoms with Crippen LogP contribution in [-0.4, -0.2) is 31.3 Å². The Kier molecular flexibility index (Phi) is 5.27. The highest BCUT2D eigenvalue weighted by atomic mass is 32.2. The van der Waals surface area contributed by atoms with Crippen LogP contribution in [0.5, 0.6) is 0 Å². The summed E-state index contributed by atoms with van der Waals surface area (Å²) in [6, 6.07) is 7.06. The van der Waals surface area contributed by atoms with Crippen LogP contribution in [0.1, 0.15) is 42.3 Å². The van der Waals surface area contributed by atoms with E-state index in [4.69, 9.17) is 4.74 Å². The van der Waals surface area contributed by atoms with Gasteiger partial charge in [0.1, 0.15) is 0 Å². The van der Waals surface area contributed by atoms with Crippen molar-refractivity contribution in [1.82, 2.24) is 14.5 Å². The monoisotopic (exact) mass is 363 g/mol. The number of ether oxygens (including phenoxy) is 1. The van der Waals surface area contributed by atoms with E-state index < -0.39 is 10.0 Å². The molecule has 2 heterocycles. The third-order valence-electron chi connectivity index (χ3n) is 4.60. The second kappa shape index (κ2) is 7.27. The first-order valence-electron chi connectivity index (χ1n) is 8.59. The predicted molar refractivity (Wildman–Crippen MR) is 96.0 cm³/mol. The minimum absolute atomic E-state index is 0.295. The van der Waals surface area contributed by atoms with E-state index in [1.165, 1.54) is 5.69 Å². The molecule has 0 bridgehead atoms. The smallest absolute Gasteiger partial charge is 0.240 e. The molecule has 2 aromatic rings. The molecule has 7 heteroatoms. The number of nitrogens with zero attached hydrogens (tertiary/aromatic N) is 2. The molecule has 3 rings (SSSR count). The summed E-state index contributed by atoms with van der Waals surface area (Å²) in [6.45, 7) is 5.75. The van der Waals surface area contributed by atoms with E-state index in [2.05, 4.69) is 23.7 Å². The topological polar surface area (TPSA) is 73.2 Å². The van der Waals surface area contributed by atoms with Gasteiger partial charge in [0.25, 0.3) is 0 Å². The summed E-state index contributed by atoms with van der Waals surface area (Å²) in [5.74, 6) is 0.377. The number of hydrogen-bond acceptors (Lipinski definition) is 4. The third-order valence-corrected chi connectivity index (χ3v) is 6.08. The van der Waals surface area contributed by atoms with E-state index in [0.29, 0.717) is 37.0 Å². The molecule has 0 spiro atoms. The maximum absolute atomic E-state index is 12.4. The maximum atomic E-state index is 12.4. The van der Waals surface area contributed by atoms with Gasteiger partial charge in [-0.25, -0.2) is 13.1 Å². The number of aryl methyl sites for hydroxylation is 1. The van der Waals surface area contributed by atoms with Crippen LogP contribution in [0.25, 0.3) is 0 Å².